The van der Waals surface area contributed by atoms with Crippen molar-refractivity contribution >= 4 is 31.3 Å². The van der Waals surface area contributed by atoms with Crippen LogP contribution in [0, 0.1) is 10.8 Å². The highest BCUT2D eigenvalue weighted by molar-refractivity contribution is 6.76. The van der Waals surface area contributed by atoms with Crippen molar-refractivity contribution in [1.29, 1.82) is 0 Å². The highest BCUT2D eigenvalue weighted by atomic mass is 28.3. The van der Waals surface area contributed by atoms with Crippen molar-refractivity contribution in [2.24, 2.45) is 10.8 Å². The first-order valence-electron chi connectivity index (χ1n) is 25.1. The number of aromatic carboxylic acids is 1. The van der Waals surface area contributed by atoms with E-state index in [1.807, 2.05) is 46.0 Å². The fraction of sp³-hybridized carbons (Fsp3) is 0.527. The molecule has 2 aromatic carbocycles. The zero-order valence-corrected chi connectivity index (χ0v) is 45.2. The van der Waals surface area contributed by atoms with Crippen LogP contribution in [-0.4, -0.2) is 122 Å². The van der Waals surface area contributed by atoms with Crippen LogP contribution in [0.3, 0.4) is 0 Å². The number of benzene rings is 2. The fourth-order valence-corrected chi connectivity index (χ4v) is 9.90. The third-order valence-electron chi connectivity index (χ3n) is 13.3. The maximum Gasteiger partial charge on any atom is 0.356 e. The predicted octanol–water partition coefficient (Wildman–Crippen LogP) is 9.97. The number of aromatic amines is 1. The molecule has 0 radical (unpaired) electrons. The first-order valence-corrected chi connectivity index (χ1v) is 28.8. The lowest BCUT2D eigenvalue weighted by molar-refractivity contribution is 0.0667. The molecular formula is C55H84N12O4Si. The van der Waals surface area contributed by atoms with Gasteiger partial charge in [-0.05, 0) is 121 Å². The van der Waals surface area contributed by atoms with Crippen LogP contribution in [0.4, 0.5) is 11.4 Å². The smallest absolute Gasteiger partial charge is 0.356 e. The van der Waals surface area contributed by atoms with Gasteiger partial charge in [0, 0.05) is 49.6 Å². The van der Waals surface area contributed by atoms with Gasteiger partial charge in [0.1, 0.15) is 6.73 Å². The Labute approximate surface area is 429 Å². The number of aromatic nitrogens is 8. The lowest BCUT2D eigenvalue weighted by Crippen LogP contribution is -2.25. The molecule has 8 rings (SSSR count). The summed E-state index contributed by atoms with van der Waals surface area (Å²) >= 11 is 0. The van der Waals surface area contributed by atoms with Crippen molar-refractivity contribution in [3.63, 3.8) is 0 Å². The van der Waals surface area contributed by atoms with E-state index in [1.54, 1.807) is 17.1 Å². The Balaban J connectivity index is 0.000000208. The van der Waals surface area contributed by atoms with Crippen LogP contribution in [0.2, 0.25) is 25.7 Å². The summed E-state index contributed by atoms with van der Waals surface area (Å²) in [6, 6.07) is 22.2. The summed E-state index contributed by atoms with van der Waals surface area (Å²) in [4.78, 5) is 28.7. The monoisotopic (exact) mass is 1000 g/mol. The fourth-order valence-electron chi connectivity index (χ4n) is 9.14. The number of carboxylic acid groups (broad SMARTS) is 1. The number of nitrogens with zero attached hydrogens (tertiary/aromatic N) is 9. The Morgan fingerprint density at radius 1 is 0.806 bits per heavy atom. The van der Waals surface area contributed by atoms with Crippen LogP contribution in [0.25, 0.3) is 0 Å². The number of ether oxygens (including phenoxy) is 1. The van der Waals surface area contributed by atoms with Gasteiger partial charge >= 0.3 is 5.97 Å². The SMILES string of the molecule is C.CC1(C)CCc2c(C(=O)O)nn(COCC[Si](C)(C)C)c2C1.CN(C)CCC(c1ccccc1)n1cc(N)cn1.CN(C)CCC(c1ccccc1)n1cc(NC(=O)c2n[nH]c3c2CCC(C)(C)C3)cn1. The zero-order valence-electron chi connectivity index (χ0n) is 44.2. The Hall–Kier alpha value is -5.88. The van der Waals surface area contributed by atoms with E-state index in [1.165, 1.54) is 11.1 Å². The number of nitrogen functional groups attached to an aromatic ring is 1. The minimum Gasteiger partial charge on any atom is -0.476 e. The van der Waals surface area contributed by atoms with Crippen LogP contribution >= 0.6 is 0 Å². The number of hydrogen-bond donors (Lipinski definition) is 4. The van der Waals surface area contributed by atoms with E-state index in [0.717, 1.165) is 99.6 Å². The molecule has 2 unspecified atom stereocenters. The average Bonchev–Trinajstić information content (AvgIpc) is 4.12. The Bertz CT molecular complexity index is 2620. The van der Waals surface area contributed by atoms with Gasteiger partial charge in [-0.25, -0.2) is 9.48 Å². The van der Waals surface area contributed by atoms with Gasteiger partial charge in [0.15, 0.2) is 11.4 Å². The van der Waals surface area contributed by atoms with Gasteiger partial charge in [0.05, 0.1) is 35.9 Å². The summed E-state index contributed by atoms with van der Waals surface area (Å²) in [7, 11) is 7.20. The lowest BCUT2D eigenvalue weighted by Gasteiger charge is -2.30. The average molecular weight is 1010 g/mol. The van der Waals surface area contributed by atoms with Crippen LogP contribution in [0.1, 0.15) is 128 Å². The van der Waals surface area contributed by atoms with E-state index >= 15 is 0 Å². The van der Waals surface area contributed by atoms with Gasteiger partial charge in [-0.1, -0.05) is 115 Å². The van der Waals surface area contributed by atoms with E-state index < -0.39 is 14.0 Å². The van der Waals surface area contributed by atoms with Gasteiger partial charge in [-0.15, -0.1) is 0 Å². The Kier molecular flexibility index (Phi) is 19.9. The van der Waals surface area contributed by atoms with E-state index in [0.29, 0.717) is 23.8 Å². The molecule has 4 aromatic heterocycles. The van der Waals surface area contributed by atoms with E-state index in [2.05, 4.69) is 153 Å². The number of hydrogen-bond acceptors (Lipinski definition) is 10. The number of carbonyl (C=O) groups is 2. The van der Waals surface area contributed by atoms with Crippen molar-refractivity contribution in [2.75, 3.05) is 58.9 Å². The molecule has 16 nitrogen and oxygen atoms in total. The highest BCUT2D eigenvalue weighted by Gasteiger charge is 2.33. The number of nitrogens with two attached hydrogens (primary N) is 1. The molecule has 0 fully saturated rings. The molecular weight excluding hydrogens is 921 g/mol. The summed E-state index contributed by atoms with van der Waals surface area (Å²) in [6.45, 7) is 18.9. The molecule has 0 aliphatic heterocycles. The van der Waals surface area contributed by atoms with E-state index in [-0.39, 0.29) is 41.9 Å². The van der Waals surface area contributed by atoms with Crippen molar-refractivity contribution < 1.29 is 19.4 Å². The maximum atomic E-state index is 12.9. The number of anilines is 2. The minimum absolute atomic E-state index is 0. The number of rotatable bonds is 18. The van der Waals surface area contributed by atoms with Gasteiger partial charge in [0.25, 0.3) is 5.91 Å². The van der Waals surface area contributed by atoms with Crippen molar-refractivity contribution in [3.05, 3.63) is 130 Å². The standard InChI is InChI=1S/C24H32N6O.C16H28N2O3Si.C14H20N4.CH4/c1-24(2)12-10-19-20(14-24)27-28-22(19)23(31)26-18-15-25-30(16-18)21(11-13-29(3)4)17-8-6-5-7-9-17;1-16(2)7-6-12-13(10-16)18(17-14(12)15(19)20)11-21-8-9-22(3,4)5;1-17(2)9-8-14(12-6-4-3-5-7-12)18-11-13(15)10-16-18;/h5-9,15-16,21H,10-14H2,1-4H3,(H,26,31)(H,27,28);6-11H2,1-5H3,(H,19,20);3-7,10-11,14H,8-9,15H2,1-2H3;1H4. The largest absolute Gasteiger partial charge is 0.476 e. The van der Waals surface area contributed by atoms with Crippen LogP contribution in [-0.2, 0) is 37.2 Å². The predicted molar refractivity (Wildman–Crippen MR) is 293 cm³/mol. The molecule has 5 N–H and O–H groups in total. The topological polar surface area (TPSA) is 190 Å². The summed E-state index contributed by atoms with van der Waals surface area (Å²) in [5.74, 6) is -1.11. The zero-order chi connectivity index (χ0) is 51.5. The number of carbonyl (C=O) groups excluding carboxylic acids is 1. The van der Waals surface area contributed by atoms with Crippen LogP contribution in [0.15, 0.2) is 85.5 Å². The molecule has 4 heterocycles. The molecule has 0 saturated carbocycles. The second-order valence-corrected chi connectivity index (χ2v) is 28.2. The van der Waals surface area contributed by atoms with Gasteiger partial charge in [-0.2, -0.15) is 20.4 Å². The molecule has 17 heteroatoms. The van der Waals surface area contributed by atoms with Crippen molar-refractivity contribution in [2.45, 2.75) is 131 Å². The minimum atomic E-state index is -1.11. The second-order valence-electron chi connectivity index (χ2n) is 22.6. The number of carboxylic acids is 1. The maximum absolute atomic E-state index is 12.9. The second kappa shape index (κ2) is 25.2. The molecule has 72 heavy (non-hydrogen) atoms. The third kappa shape index (κ3) is 16.3. The van der Waals surface area contributed by atoms with Gasteiger partial charge in [0.2, 0.25) is 0 Å². The van der Waals surface area contributed by atoms with Crippen molar-refractivity contribution in [1.82, 2.24) is 49.3 Å². The summed E-state index contributed by atoms with van der Waals surface area (Å²) < 4.78 is 11.4. The molecule has 0 bridgehead atoms. The molecule has 392 valence electrons. The number of nitrogens with one attached hydrogen (secondary N) is 2. The Morgan fingerprint density at radius 3 is 1.88 bits per heavy atom. The summed E-state index contributed by atoms with van der Waals surface area (Å²) in [5.41, 5.74) is 14.9. The van der Waals surface area contributed by atoms with Gasteiger partial charge in [-0.3, -0.25) is 19.3 Å². The lowest BCUT2D eigenvalue weighted by atomic mass is 9.76. The first kappa shape index (κ1) is 57.0. The summed E-state index contributed by atoms with van der Waals surface area (Å²) in [5, 5.41) is 33.0. The molecule has 0 spiro atoms. The Morgan fingerprint density at radius 2 is 1.35 bits per heavy atom. The van der Waals surface area contributed by atoms with Crippen LogP contribution in [0.5, 0.6) is 0 Å². The quantitative estimate of drug-likeness (QED) is 0.0474. The first-order chi connectivity index (χ1) is 33.6. The molecule has 2 aliphatic rings. The number of amides is 1. The van der Waals surface area contributed by atoms with Gasteiger partial charge < -0.3 is 30.7 Å². The molecule has 2 atom stereocenters. The number of fused-ring (bicyclic) bond motifs is 2. The third-order valence-corrected chi connectivity index (χ3v) is 15.0. The normalized spacial score (nSPS) is 15.5. The van der Waals surface area contributed by atoms with Crippen LogP contribution < -0.4 is 11.1 Å². The van der Waals surface area contributed by atoms with E-state index in [4.69, 9.17) is 10.5 Å². The van der Waals surface area contributed by atoms with E-state index in [9.17, 15) is 14.7 Å². The highest BCUT2D eigenvalue weighted by Crippen LogP contribution is 2.37. The summed E-state index contributed by atoms with van der Waals surface area (Å²) in [6.07, 6.45) is 14.7. The van der Waals surface area contributed by atoms with Crippen molar-refractivity contribution in [3.8, 4) is 0 Å². The molecule has 1 amide bonds. The molecule has 2 aliphatic carbocycles. The molecule has 6 aromatic rings. The molecule has 0 saturated heterocycles. The number of H-pyrrole nitrogens is 1.